The Balaban J connectivity index is 0.00000220. The van der Waals surface area contributed by atoms with E-state index < -0.39 is 0 Å². The summed E-state index contributed by atoms with van der Waals surface area (Å²) in [7, 11) is 0. The highest BCUT2D eigenvalue weighted by atomic mass is 35.5. The normalized spacial score (nSPS) is 17.5. The molecule has 0 aliphatic carbocycles. The number of piperidine rings is 1. The van der Waals surface area contributed by atoms with Crippen LogP contribution in [0.15, 0.2) is 24.3 Å². The molecule has 1 saturated heterocycles. The van der Waals surface area contributed by atoms with Gasteiger partial charge in [0, 0.05) is 12.2 Å². The van der Waals surface area contributed by atoms with E-state index in [4.69, 9.17) is 4.74 Å². The Bertz CT molecular complexity index is 488. The first kappa shape index (κ1) is 17.5. The molecule has 116 valence electrons. The van der Waals surface area contributed by atoms with Crippen molar-refractivity contribution in [2.24, 2.45) is 5.92 Å². The van der Waals surface area contributed by atoms with E-state index in [1.807, 2.05) is 0 Å². The van der Waals surface area contributed by atoms with Crippen molar-refractivity contribution >= 4 is 30.0 Å². The molecule has 0 bridgehead atoms. The number of carbonyl (C=O) groups is 2. The van der Waals surface area contributed by atoms with E-state index in [1.54, 1.807) is 31.2 Å². The maximum Gasteiger partial charge on any atom is 0.338 e. The molecular formula is C15H21ClN2O3. The number of rotatable bonds is 4. The van der Waals surface area contributed by atoms with Crippen molar-refractivity contribution in [2.75, 3.05) is 25.0 Å². The van der Waals surface area contributed by atoms with Crippen molar-refractivity contribution < 1.29 is 14.3 Å². The first-order valence-corrected chi connectivity index (χ1v) is 6.99. The Kier molecular flexibility index (Phi) is 7.19. The van der Waals surface area contributed by atoms with E-state index in [-0.39, 0.29) is 30.2 Å². The number of anilines is 1. The molecular weight excluding hydrogens is 292 g/mol. The van der Waals surface area contributed by atoms with Gasteiger partial charge in [-0.25, -0.2) is 4.79 Å². The molecule has 21 heavy (non-hydrogen) atoms. The summed E-state index contributed by atoms with van der Waals surface area (Å²) in [4.78, 5) is 23.7. The molecule has 0 radical (unpaired) electrons. The second-order valence-corrected chi connectivity index (χ2v) is 4.83. The summed E-state index contributed by atoms with van der Waals surface area (Å²) in [6.07, 6.45) is 1.91. The number of hydrogen-bond acceptors (Lipinski definition) is 4. The predicted octanol–water partition coefficient (Wildman–Crippen LogP) is 2.22. The Morgan fingerprint density at radius 1 is 1.43 bits per heavy atom. The van der Waals surface area contributed by atoms with Gasteiger partial charge in [0.2, 0.25) is 5.91 Å². The summed E-state index contributed by atoms with van der Waals surface area (Å²) in [6, 6.07) is 6.83. The third-order valence-corrected chi connectivity index (χ3v) is 3.31. The van der Waals surface area contributed by atoms with Gasteiger partial charge in [0.25, 0.3) is 0 Å². The van der Waals surface area contributed by atoms with E-state index in [1.165, 1.54) is 0 Å². The average Bonchev–Trinajstić information content (AvgIpc) is 2.48. The van der Waals surface area contributed by atoms with Crippen molar-refractivity contribution in [3.63, 3.8) is 0 Å². The van der Waals surface area contributed by atoms with Crippen LogP contribution in [0.4, 0.5) is 5.69 Å². The van der Waals surface area contributed by atoms with Crippen LogP contribution in [-0.4, -0.2) is 31.6 Å². The van der Waals surface area contributed by atoms with Crippen LogP contribution in [-0.2, 0) is 9.53 Å². The van der Waals surface area contributed by atoms with Crippen molar-refractivity contribution in [1.82, 2.24) is 5.32 Å². The topological polar surface area (TPSA) is 67.4 Å². The summed E-state index contributed by atoms with van der Waals surface area (Å²) in [5, 5.41) is 6.08. The van der Waals surface area contributed by atoms with E-state index in [2.05, 4.69) is 10.6 Å². The fourth-order valence-corrected chi connectivity index (χ4v) is 2.26. The SMILES string of the molecule is CCOC(=O)c1cccc(NC(=O)C2CCCNC2)c1.Cl. The highest BCUT2D eigenvalue weighted by molar-refractivity contribution is 5.95. The number of amides is 1. The van der Waals surface area contributed by atoms with Gasteiger partial charge in [-0.1, -0.05) is 6.07 Å². The van der Waals surface area contributed by atoms with Gasteiger partial charge in [0.15, 0.2) is 0 Å². The third-order valence-electron chi connectivity index (χ3n) is 3.31. The van der Waals surface area contributed by atoms with Crippen LogP contribution >= 0.6 is 12.4 Å². The smallest absolute Gasteiger partial charge is 0.338 e. The highest BCUT2D eigenvalue weighted by Gasteiger charge is 2.21. The number of hydrogen-bond donors (Lipinski definition) is 2. The van der Waals surface area contributed by atoms with Gasteiger partial charge < -0.3 is 15.4 Å². The summed E-state index contributed by atoms with van der Waals surface area (Å²) in [5.41, 5.74) is 1.08. The Morgan fingerprint density at radius 2 is 2.24 bits per heavy atom. The van der Waals surface area contributed by atoms with Crippen LogP contribution in [0.25, 0.3) is 0 Å². The van der Waals surface area contributed by atoms with Gasteiger partial charge in [-0.2, -0.15) is 0 Å². The minimum atomic E-state index is -0.372. The predicted molar refractivity (Wildman–Crippen MR) is 83.9 cm³/mol. The molecule has 2 rings (SSSR count). The first-order valence-electron chi connectivity index (χ1n) is 6.99. The van der Waals surface area contributed by atoms with Crippen molar-refractivity contribution in [3.05, 3.63) is 29.8 Å². The zero-order valence-electron chi connectivity index (χ0n) is 12.1. The van der Waals surface area contributed by atoms with Crippen LogP contribution in [0, 0.1) is 5.92 Å². The van der Waals surface area contributed by atoms with Crippen LogP contribution < -0.4 is 10.6 Å². The van der Waals surface area contributed by atoms with Crippen LogP contribution in [0.3, 0.4) is 0 Å². The molecule has 1 unspecified atom stereocenters. The van der Waals surface area contributed by atoms with Gasteiger partial charge in [-0.05, 0) is 44.5 Å². The summed E-state index contributed by atoms with van der Waals surface area (Å²) < 4.78 is 4.94. The first-order chi connectivity index (χ1) is 9.70. The molecule has 1 aliphatic heterocycles. The molecule has 0 saturated carbocycles. The molecule has 0 aromatic heterocycles. The third kappa shape index (κ3) is 5.02. The molecule has 6 heteroatoms. The lowest BCUT2D eigenvalue weighted by Gasteiger charge is -2.21. The van der Waals surface area contributed by atoms with Crippen molar-refractivity contribution in [1.29, 1.82) is 0 Å². The maximum absolute atomic E-state index is 12.1. The molecule has 1 amide bonds. The Morgan fingerprint density at radius 3 is 2.90 bits per heavy atom. The van der Waals surface area contributed by atoms with Gasteiger partial charge in [0.1, 0.15) is 0 Å². The second-order valence-electron chi connectivity index (χ2n) is 4.83. The summed E-state index contributed by atoms with van der Waals surface area (Å²) in [5.74, 6) is -0.379. The van der Waals surface area contributed by atoms with Crippen molar-refractivity contribution in [3.8, 4) is 0 Å². The number of halogens is 1. The zero-order chi connectivity index (χ0) is 14.4. The van der Waals surface area contributed by atoms with E-state index in [9.17, 15) is 9.59 Å². The number of ether oxygens (including phenoxy) is 1. The average molecular weight is 313 g/mol. The van der Waals surface area contributed by atoms with E-state index in [0.717, 1.165) is 19.4 Å². The number of carbonyl (C=O) groups excluding carboxylic acids is 2. The van der Waals surface area contributed by atoms with Gasteiger partial charge in [-0.3, -0.25) is 4.79 Å². The minimum absolute atomic E-state index is 0. The van der Waals surface area contributed by atoms with Gasteiger partial charge in [0.05, 0.1) is 18.1 Å². The Labute approximate surface area is 130 Å². The fraction of sp³-hybridized carbons (Fsp3) is 0.467. The molecule has 0 spiro atoms. The number of nitrogens with one attached hydrogen (secondary N) is 2. The minimum Gasteiger partial charge on any atom is -0.462 e. The summed E-state index contributed by atoms with van der Waals surface area (Å²) in [6.45, 7) is 3.79. The molecule has 1 heterocycles. The van der Waals surface area contributed by atoms with Gasteiger partial charge >= 0.3 is 5.97 Å². The van der Waals surface area contributed by atoms with Crippen LogP contribution in [0.5, 0.6) is 0 Å². The molecule has 1 aromatic rings. The largest absolute Gasteiger partial charge is 0.462 e. The summed E-state index contributed by atoms with van der Waals surface area (Å²) >= 11 is 0. The lowest BCUT2D eigenvalue weighted by molar-refractivity contribution is -0.120. The van der Waals surface area contributed by atoms with Gasteiger partial charge in [-0.15, -0.1) is 12.4 Å². The second kappa shape index (κ2) is 8.64. The molecule has 1 atom stereocenters. The highest BCUT2D eigenvalue weighted by Crippen LogP contribution is 2.16. The molecule has 2 N–H and O–H groups in total. The molecule has 1 aliphatic rings. The quantitative estimate of drug-likeness (QED) is 0.837. The van der Waals surface area contributed by atoms with Crippen LogP contribution in [0.2, 0.25) is 0 Å². The van der Waals surface area contributed by atoms with E-state index >= 15 is 0 Å². The lowest BCUT2D eigenvalue weighted by Crippen LogP contribution is -2.37. The fourth-order valence-electron chi connectivity index (χ4n) is 2.26. The maximum atomic E-state index is 12.1. The number of esters is 1. The molecule has 5 nitrogen and oxygen atoms in total. The number of benzene rings is 1. The van der Waals surface area contributed by atoms with Crippen molar-refractivity contribution in [2.45, 2.75) is 19.8 Å². The monoisotopic (exact) mass is 312 g/mol. The molecule has 1 aromatic carbocycles. The lowest BCUT2D eigenvalue weighted by atomic mass is 9.99. The van der Waals surface area contributed by atoms with E-state index in [0.29, 0.717) is 24.4 Å². The van der Waals surface area contributed by atoms with Crippen LogP contribution in [0.1, 0.15) is 30.1 Å². The molecule has 1 fully saturated rings. The zero-order valence-corrected chi connectivity index (χ0v) is 12.9. The Hall–Kier alpha value is -1.59. The standard InChI is InChI=1S/C15H20N2O3.ClH/c1-2-20-15(19)11-5-3-7-13(9-11)17-14(18)12-6-4-8-16-10-12;/h3,5,7,9,12,16H,2,4,6,8,10H2,1H3,(H,17,18);1H.